The number of fused-ring (bicyclic) bond motifs is 1. The molecule has 0 radical (unpaired) electrons. The monoisotopic (exact) mass is 442 g/mol. The van der Waals surface area contributed by atoms with Gasteiger partial charge >= 0.3 is 0 Å². The van der Waals surface area contributed by atoms with E-state index in [0.29, 0.717) is 46.1 Å². The van der Waals surface area contributed by atoms with Crippen LogP contribution in [0.2, 0.25) is 5.02 Å². The highest BCUT2D eigenvalue weighted by molar-refractivity contribution is 6.30. The maximum Gasteiger partial charge on any atom is 0.188 e. The summed E-state index contributed by atoms with van der Waals surface area (Å²) in [7, 11) is 0. The number of ether oxygens (including phenoxy) is 1. The number of aromatic nitrogens is 2. The van der Waals surface area contributed by atoms with Crippen LogP contribution in [-0.2, 0) is 17.7 Å². The van der Waals surface area contributed by atoms with E-state index in [0.717, 1.165) is 43.4 Å². The summed E-state index contributed by atoms with van der Waals surface area (Å²) in [6, 6.07) is 7.33. The molecule has 1 saturated carbocycles. The van der Waals surface area contributed by atoms with Crippen LogP contribution in [0.5, 0.6) is 0 Å². The summed E-state index contributed by atoms with van der Waals surface area (Å²) in [6.45, 7) is 5.36. The summed E-state index contributed by atoms with van der Waals surface area (Å²) in [5.74, 6) is -0.0439. The molecule has 1 fully saturated rings. The number of hydrogen-bond donors (Lipinski definition) is 0. The molecular formula is C25H28ClFN2O2. The SMILES string of the molecule is CCCCn1cnc2c(F)c(Cc3ccc(Cl)cc3C)c(C(=O)COCC3CC3)cc21. The number of Topliss-reactive ketones (excluding diaryl/α,β-unsaturated/α-hetero) is 1. The van der Waals surface area contributed by atoms with Gasteiger partial charge in [-0.3, -0.25) is 4.79 Å². The van der Waals surface area contributed by atoms with Gasteiger partial charge in [-0.25, -0.2) is 9.37 Å². The first kappa shape index (κ1) is 22.0. The Kier molecular flexibility index (Phi) is 6.73. The maximum absolute atomic E-state index is 15.7. The van der Waals surface area contributed by atoms with Crippen LogP contribution < -0.4 is 0 Å². The van der Waals surface area contributed by atoms with Crippen molar-refractivity contribution in [3.05, 3.63) is 63.7 Å². The summed E-state index contributed by atoms with van der Waals surface area (Å²) in [5.41, 5.74) is 3.62. The molecule has 4 nitrogen and oxygen atoms in total. The minimum Gasteiger partial charge on any atom is -0.373 e. The summed E-state index contributed by atoms with van der Waals surface area (Å²) >= 11 is 6.09. The van der Waals surface area contributed by atoms with Crippen molar-refractivity contribution < 1.29 is 13.9 Å². The Balaban J connectivity index is 1.73. The molecular weight excluding hydrogens is 415 g/mol. The van der Waals surface area contributed by atoms with E-state index in [4.69, 9.17) is 16.3 Å². The number of nitrogens with zero attached hydrogens (tertiary/aromatic N) is 2. The molecule has 1 aliphatic rings. The van der Waals surface area contributed by atoms with Crippen molar-refractivity contribution in [1.82, 2.24) is 9.55 Å². The molecule has 0 spiro atoms. The number of rotatable bonds is 10. The predicted molar refractivity (Wildman–Crippen MR) is 121 cm³/mol. The van der Waals surface area contributed by atoms with Crippen LogP contribution in [-0.4, -0.2) is 28.5 Å². The number of ketones is 1. The van der Waals surface area contributed by atoms with E-state index in [-0.39, 0.29) is 12.4 Å². The van der Waals surface area contributed by atoms with Gasteiger partial charge in [0.1, 0.15) is 12.1 Å². The number of carbonyl (C=O) groups is 1. The molecule has 1 aliphatic carbocycles. The van der Waals surface area contributed by atoms with E-state index in [1.165, 1.54) is 0 Å². The van der Waals surface area contributed by atoms with Crippen LogP contribution in [0.3, 0.4) is 0 Å². The van der Waals surface area contributed by atoms with Gasteiger partial charge in [0.25, 0.3) is 0 Å². The van der Waals surface area contributed by atoms with Crippen molar-refractivity contribution in [2.45, 2.75) is 52.5 Å². The number of imidazole rings is 1. The van der Waals surface area contributed by atoms with Crippen molar-refractivity contribution in [2.24, 2.45) is 5.92 Å². The lowest BCUT2D eigenvalue weighted by atomic mass is 9.94. The highest BCUT2D eigenvalue weighted by Gasteiger charge is 2.24. The van der Waals surface area contributed by atoms with E-state index in [2.05, 4.69) is 11.9 Å². The van der Waals surface area contributed by atoms with Crippen LogP contribution in [0.1, 0.15) is 59.7 Å². The number of aryl methyl sites for hydroxylation is 2. The molecule has 0 unspecified atom stereocenters. The Hall–Kier alpha value is -2.24. The molecule has 31 heavy (non-hydrogen) atoms. The molecule has 1 aromatic heterocycles. The Labute approximate surface area is 187 Å². The predicted octanol–water partition coefficient (Wildman–Crippen LogP) is 6.14. The number of benzene rings is 2. The summed E-state index contributed by atoms with van der Waals surface area (Å²) < 4.78 is 23.3. The van der Waals surface area contributed by atoms with Crippen molar-refractivity contribution >= 4 is 28.4 Å². The Morgan fingerprint density at radius 2 is 2.13 bits per heavy atom. The van der Waals surface area contributed by atoms with E-state index in [1.54, 1.807) is 18.5 Å². The fourth-order valence-electron chi connectivity index (χ4n) is 3.85. The molecule has 0 saturated heterocycles. The topological polar surface area (TPSA) is 44.1 Å². The van der Waals surface area contributed by atoms with Crippen LogP contribution >= 0.6 is 11.6 Å². The van der Waals surface area contributed by atoms with Crippen LogP contribution in [0.4, 0.5) is 4.39 Å². The van der Waals surface area contributed by atoms with Crippen molar-refractivity contribution in [2.75, 3.05) is 13.2 Å². The maximum atomic E-state index is 15.7. The number of unbranched alkanes of at least 4 members (excludes halogenated alkanes) is 1. The minimum atomic E-state index is -0.423. The standard InChI is InChI=1S/C25H28ClFN2O2/c1-3-4-9-29-15-28-25-22(29)12-20(23(30)14-31-13-17-5-6-17)21(24(25)27)11-18-7-8-19(26)10-16(18)2/h7-8,10,12,15,17H,3-6,9,11,13-14H2,1-2H3. The van der Waals surface area contributed by atoms with Gasteiger partial charge in [-0.1, -0.05) is 31.0 Å². The van der Waals surface area contributed by atoms with E-state index < -0.39 is 5.82 Å². The molecule has 0 aliphatic heterocycles. The van der Waals surface area contributed by atoms with Gasteiger partial charge in [0.2, 0.25) is 0 Å². The smallest absolute Gasteiger partial charge is 0.188 e. The second-order valence-corrected chi connectivity index (χ2v) is 8.94. The van der Waals surface area contributed by atoms with Crippen LogP contribution in [0.15, 0.2) is 30.6 Å². The number of halogens is 2. The zero-order chi connectivity index (χ0) is 22.0. The van der Waals surface area contributed by atoms with Crippen molar-refractivity contribution in [3.8, 4) is 0 Å². The number of hydrogen-bond acceptors (Lipinski definition) is 3. The average Bonchev–Trinajstić information content (AvgIpc) is 3.48. The zero-order valence-electron chi connectivity index (χ0n) is 18.1. The first-order chi connectivity index (χ1) is 15.0. The van der Waals surface area contributed by atoms with E-state index >= 15 is 4.39 Å². The largest absolute Gasteiger partial charge is 0.373 e. The van der Waals surface area contributed by atoms with Gasteiger partial charge < -0.3 is 9.30 Å². The van der Waals surface area contributed by atoms with Gasteiger partial charge in [0, 0.05) is 29.1 Å². The number of carbonyl (C=O) groups excluding carboxylic acids is 1. The first-order valence-corrected chi connectivity index (χ1v) is 11.4. The molecule has 1 heterocycles. The molecule has 0 bridgehead atoms. The Morgan fingerprint density at radius 1 is 1.32 bits per heavy atom. The molecule has 0 amide bonds. The lowest BCUT2D eigenvalue weighted by molar-refractivity contribution is 0.0738. The first-order valence-electron chi connectivity index (χ1n) is 11.0. The summed E-state index contributed by atoms with van der Waals surface area (Å²) in [4.78, 5) is 17.4. The molecule has 0 atom stereocenters. The van der Waals surface area contributed by atoms with Gasteiger partial charge in [-0.2, -0.15) is 0 Å². The molecule has 164 valence electrons. The Morgan fingerprint density at radius 3 is 2.84 bits per heavy atom. The fourth-order valence-corrected chi connectivity index (χ4v) is 4.08. The summed E-state index contributed by atoms with van der Waals surface area (Å²) in [6.07, 6.45) is 6.28. The molecule has 2 aromatic carbocycles. The average molecular weight is 443 g/mol. The quantitative estimate of drug-likeness (QED) is 0.354. The normalized spacial score (nSPS) is 13.8. The fraction of sp³-hybridized carbons (Fsp3) is 0.440. The van der Waals surface area contributed by atoms with Crippen molar-refractivity contribution in [1.29, 1.82) is 0 Å². The molecule has 4 rings (SSSR count). The van der Waals surface area contributed by atoms with Gasteiger partial charge in [0.05, 0.1) is 18.5 Å². The van der Waals surface area contributed by atoms with E-state index in [1.807, 2.05) is 23.6 Å². The van der Waals surface area contributed by atoms with Crippen LogP contribution in [0, 0.1) is 18.7 Å². The Bertz CT molecular complexity index is 1100. The molecule has 6 heteroatoms. The third kappa shape index (κ3) is 4.99. The highest BCUT2D eigenvalue weighted by Crippen LogP contribution is 2.30. The third-order valence-electron chi connectivity index (χ3n) is 5.97. The highest BCUT2D eigenvalue weighted by atomic mass is 35.5. The molecule has 3 aromatic rings. The van der Waals surface area contributed by atoms with Crippen molar-refractivity contribution in [3.63, 3.8) is 0 Å². The second-order valence-electron chi connectivity index (χ2n) is 8.51. The van der Waals surface area contributed by atoms with E-state index in [9.17, 15) is 4.79 Å². The minimum absolute atomic E-state index is 0.0306. The van der Waals surface area contributed by atoms with Crippen LogP contribution in [0.25, 0.3) is 11.0 Å². The third-order valence-corrected chi connectivity index (χ3v) is 6.20. The lowest BCUT2D eigenvalue weighted by Gasteiger charge is -2.14. The lowest BCUT2D eigenvalue weighted by Crippen LogP contribution is -2.15. The van der Waals surface area contributed by atoms with Gasteiger partial charge in [-0.05, 0) is 61.4 Å². The zero-order valence-corrected chi connectivity index (χ0v) is 18.8. The van der Waals surface area contributed by atoms with Gasteiger partial charge in [0.15, 0.2) is 11.6 Å². The second kappa shape index (κ2) is 9.49. The van der Waals surface area contributed by atoms with Gasteiger partial charge in [-0.15, -0.1) is 0 Å². The molecule has 0 N–H and O–H groups in total. The summed E-state index contributed by atoms with van der Waals surface area (Å²) in [5, 5.41) is 0.636.